The Kier molecular flexibility index (Phi) is 5.34. The SMILES string of the molecule is N/C(=N\C(Nc1ccccc1)C(Cl)(Cl)Cl)c1ccccc1. The summed E-state index contributed by atoms with van der Waals surface area (Å²) in [4.78, 5) is 4.30. The Bertz CT molecular complexity index is 595. The molecule has 1 atom stereocenters. The van der Waals surface area contributed by atoms with Crippen molar-refractivity contribution in [2.45, 2.75) is 9.96 Å². The summed E-state index contributed by atoms with van der Waals surface area (Å²) in [5.41, 5.74) is 7.54. The van der Waals surface area contributed by atoms with E-state index >= 15 is 0 Å². The molecule has 0 aliphatic rings. The number of hydrogen-bond donors (Lipinski definition) is 2. The van der Waals surface area contributed by atoms with E-state index in [4.69, 9.17) is 40.5 Å². The first-order valence-corrected chi connectivity index (χ1v) is 7.37. The van der Waals surface area contributed by atoms with Crippen LogP contribution in [0.4, 0.5) is 5.69 Å². The molecule has 0 fully saturated rings. The largest absolute Gasteiger partial charge is 0.383 e. The monoisotopic (exact) mass is 341 g/mol. The summed E-state index contributed by atoms with van der Waals surface area (Å²) in [7, 11) is 0. The molecule has 2 rings (SSSR count). The number of para-hydroxylation sites is 1. The van der Waals surface area contributed by atoms with E-state index in [9.17, 15) is 0 Å². The van der Waals surface area contributed by atoms with Crippen LogP contribution < -0.4 is 11.1 Å². The zero-order valence-electron chi connectivity index (χ0n) is 11.0. The maximum atomic E-state index is 5.99. The standard InChI is InChI=1S/C15H14Cl3N3/c16-15(17,18)14(20-12-9-5-2-6-10-12)21-13(19)11-7-3-1-4-8-11/h1-10,14,20H,(H2,19,21). The summed E-state index contributed by atoms with van der Waals surface area (Å²) in [5.74, 6) is 0.301. The van der Waals surface area contributed by atoms with Crippen molar-refractivity contribution in [3.8, 4) is 0 Å². The van der Waals surface area contributed by atoms with E-state index in [1.807, 2.05) is 60.7 Å². The number of nitrogens with two attached hydrogens (primary N) is 1. The lowest BCUT2D eigenvalue weighted by atomic mass is 10.2. The third kappa shape index (κ3) is 4.81. The zero-order valence-corrected chi connectivity index (χ0v) is 13.3. The molecule has 0 radical (unpaired) electrons. The number of nitrogens with zero attached hydrogens (tertiary/aromatic N) is 1. The second-order valence-electron chi connectivity index (χ2n) is 4.33. The fourth-order valence-corrected chi connectivity index (χ4v) is 2.01. The van der Waals surface area contributed by atoms with Gasteiger partial charge in [-0.3, -0.25) is 0 Å². The van der Waals surface area contributed by atoms with Crippen LogP contribution in [0.2, 0.25) is 0 Å². The number of halogens is 3. The van der Waals surface area contributed by atoms with Crippen molar-refractivity contribution in [2.24, 2.45) is 10.7 Å². The molecule has 2 aromatic carbocycles. The lowest BCUT2D eigenvalue weighted by Gasteiger charge is -2.23. The Balaban J connectivity index is 2.25. The van der Waals surface area contributed by atoms with Gasteiger partial charge in [-0.1, -0.05) is 83.3 Å². The van der Waals surface area contributed by atoms with Crippen LogP contribution in [-0.2, 0) is 0 Å². The predicted molar refractivity (Wildman–Crippen MR) is 91.3 cm³/mol. The molecule has 0 bridgehead atoms. The smallest absolute Gasteiger partial charge is 0.230 e. The van der Waals surface area contributed by atoms with Crippen LogP contribution in [0, 0.1) is 0 Å². The number of anilines is 1. The first-order chi connectivity index (χ1) is 9.97. The van der Waals surface area contributed by atoms with Gasteiger partial charge < -0.3 is 11.1 Å². The van der Waals surface area contributed by atoms with Crippen molar-refractivity contribution in [1.29, 1.82) is 0 Å². The van der Waals surface area contributed by atoms with Gasteiger partial charge in [0.25, 0.3) is 0 Å². The van der Waals surface area contributed by atoms with Gasteiger partial charge in [0.15, 0.2) is 6.17 Å². The highest BCUT2D eigenvalue weighted by atomic mass is 35.6. The van der Waals surface area contributed by atoms with Crippen molar-refractivity contribution in [3.05, 3.63) is 66.2 Å². The van der Waals surface area contributed by atoms with Gasteiger partial charge in [0.05, 0.1) is 0 Å². The molecule has 0 saturated carbocycles. The summed E-state index contributed by atoms with van der Waals surface area (Å²) in [6, 6.07) is 18.7. The summed E-state index contributed by atoms with van der Waals surface area (Å²) in [6.07, 6.45) is -0.801. The Morgan fingerprint density at radius 3 is 2.00 bits per heavy atom. The van der Waals surface area contributed by atoms with Gasteiger partial charge in [0.2, 0.25) is 3.79 Å². The molecule has 3 N–H and O–H groups in total. The Morgan fingerprint density at radius 2 is 1.48 bits per heavy atom. The van der Waals surface area contributed by atoms with E-state index < -0.39 is 9.96 Å². The molecule has 0 aromatic heterocycles. The van der Waals surface area contributed by atoms with Crippen LogP contribution in [0.3, 0.4) is 0 Å². The van der Waals surface area contributed by atoms with Crippen molar-refractivity contribution in [3.63, 3.8) is 0 Å². The molecule has 3 nitrogen and oxygen atoms in total. The highest BCUT2D eigenvalue weighted by molar-refractivity contribution is 6.68. The van der Waals surface area contributed by atoms with Gasteiger partial charge in [-0.25, -0.2) is 4.99 Å². The van der Waals surface area contributed by atoms with Gasteiger partial charge in [-0.2, -0.15) is 0 Å². The minimum absolute atomic E-state index is 0.301. The van der Waals surface area contributed by atoms with E-state index in [0.29, 0.717) is 5.84 Å². The lowest BCUT2D eigenvalue weighted by Crippen LogP contribution is -2.34. The Labute approximate surface area is 138 Å². The maximum Gasteiger partial charge on any atom is 0.230 e. The number of aliphatic imine (C=N–C) groups is 1. The molecule has 0 amide bonds. The van der Waals surface area contributed by atoms with E-state index in [1.54, 1.807) is 0 Å². The fraction of sp³-hybridized carbons (Fsp3) is 0.133. The molecule has 0 aliphatic carbocycles. The molecule has 0 heterocycles. The van der Waals surface area contributed by atoms with Crippen LogP contribution in [0.25, 0.3) is 0 Å². The maximum absolute atomic E-state index is 5.99. The normalized spacial score (nSPS) is 13.8. The molecular weight excluding hydrogens is 329 g/mol. The molecule has 6 heteroatoms. The molecule has 0 saturated heterocycles. The zero-order chi connectivity index (χ0) is 15.3. The molecule has 110 valence electrons. The summed E-state index contributed by atoms with van der Waals surface area (Å²) in [6.45, 7) is 0. The van der Waals surface area contributed by atoms with Gasteiger partial charge in [-0.05, 0) is 12.1 Å². The number of amidine groups is 1. The van der Waals surface area contributed by atoms with Crippen molar-refractivity contribution in [1.82, 2.24) is 0 Å². The molecule has 21 heavy (non-hydrogen) atoms. The molecule has 2 aromatic rings. The summed E-state index contributed by atoms with van der Waals surface area (Å²) >= 11 is 18.0. The van der Waals surface area contributed by atoms with Crippen LogP contribution in [0.5, 0.6) is 0 Å². The van der Waals surface area contributed by atoms with Crippen LogP contribution >= 0.6 is 34.8 Å². The average molecular weight is 343 g/mol. The average Bonchev–Trinajstić information content (AvgIpc) is 2.47. The summed E-state index contributed by atoms with van der Waals surface area (Å²) in [5, 5.41) is 3.06. The molecule has 0 spiro atoms. The highest BCUT2D eigenvalue weighted by Gasteiger charge is 2.32. The van der Waals surface area contributed by atoms with Crippen molar-refractivity contribution < 1.29 is 0 Å². The quantitative estimate of drug-likeness (QED) is 0.497. The fourth-order valence-electron chi connectivity index (χ4n) is 1.70. The summed E-state index contributed by atoms with van der Waals surface area (Å²) < 4.78 is -1.63. The second-order valence-corrected chi connectivity index (χ2v) is 6.70. The lowest BCUT2D eigenvalue weighted by molar-refractivity contribution is 0.782. The van der Waals surface area contributed by atoms with Gasteiger partial charge in [-0.15, -0.1) is 0 Å². The first-order valence-electron chi connectivity index (χ1n) is 6.24. The van der Waals surface area contributed by atoms with Gasteiger partial charge >= 0.3 is 0 Å². The van der Waals surface area contributed by atoms with Crippen molar-refractivity contribution in [2.75, 3.05) is 5.32 Å². The van der Waals surface area contributed by atoms with Gasteiger partial charge in [0, 0.05) is 11.3 Å². The number of alkyl halides is 3. The number of benzene rings is 2. The second kappa shape index (κ2) is 7.03. The predicted octanol–water partition coefficient (Wildman–Crippen LogP) is 4.20. The third-order valence-corrected chi connectivity index (χ3v) is 3.35. The van der Waals surface area contributed by atoms with E-state index in [-0.39, 0.29) is 0 Å². The highest BCUT2D eigenvalue weighted by Crippen LogP contribution is 2.33. The van der Waals surface area contributed by atoms with Gasteiger partial charge in [0.1, 0.15) is 5.84 Å². The molecular formula is C15H14Cl3N3. The topological polar surface area (TPSA) is 50.4 Å². The van der Waals surface area contributed by atoms with E-state index in [1.165, 1.54) is 0 Å². The molecule has 0 aliphatic heterocycles. The third-order valence-electron chi connectivity index (χ3n) is 2.72. The minimum atomic E-state index is -1.63. The van der Waals surface area contributed by atoms with E-state index in [2.05, 4.69) is 10.3 Å². The first kappa shape index (κ1) is 16.0. The Morgan fingerprint density at radius 1 is 0.952 bits per heavy atom. The number of nitrogens with one attached hydrogen (secondary N) is 1. The number of rotatable bonds is 4. The minimum Gasteiger partial charge on any atom is -0.383 e. The van der Waals surface area contributed by atoms with Crippen LogP contribution in [-0.4, -0.2) is 15.8 Å². The molecule has 1 unspecified atom stereocenters. The van der Waals surface area contributed by atoms with Crippen molar-refractivity contribution >= 4 is 46.3 Å². The van der Waals surface area contributed by atoms with Crippen LogP contribution in [0.15, 0.2) is 65.7 Å². The van der Waals surface area contributed by atoms with Crippen LogP contribution in [0.1, 0.15) is 5.56 Å². The van der Waals surface area contributed by atoms with E-state index in [0.717, 1.165) is 11.3 Å². The Hall–Kier alpha value is -1.42. The number of hydrogen-bond acceptors (Lipinski definition) is 2.